The lowest BCUT2D eigenvalue weighted by Gasteiger charge is -1.93. The Morgan fingerprint density at radius 3 is 3.12 bits per heavy atom. The van der Waals surface area contributed by atoms with Gasteiger partial charge in [-0.1, -0.05) is 12.7 Å². The molecule has 0 radical (unpaired) electrons. The molecule has 0 aromatic carbocycles. The molecule has 5 heteroatoms. The maximum absolute atomic E-state index is 4.41. The molecule has 0 N–H and O–H groups in total. The van der Waals surface area contributed by atoms with Gasteiger partial charge in [-0.3, -0.25) is 4.99 Å². The van der Waals surface area contributed by atoms with Gasteiger partial charge in [-0.2, -0.15) is 5.10 Å². The Labute approximate surface area is 99.2 Å². The van der Waals surface area contributed by atoms with Crippen LogP contribution in [0.4, 0.5) is 0 Å². The lowest BCUT2D eigenvalue weighted by atomic mass is 10.2. The Morgan fingerprint density at radius 2 is 2.35 bits per heavy atom. The van der Waals surface area contributed by atoms with Crippen molar-refractivity contribution in [2.45, 2.75) is 6.92 Å². The molecule has 0 fully saturated rings. The topological polar surface area (TPSA) is 56.0 Å². The predicted octanol–water partition coefficient (Wildman–Crippen LogP) is 1.98. The van der Waals surface area contributed by atoms with E-state index in [4.69, 9.17) is 0 Å². The monoisotopic (exact) mass is 227 g/mol. The number of allylic oxidation sites excluding steroid dienone is 2. The number of rotatable bonds is 3. The Balaban J connectivity index is 2.52. The third-order valence-corrected chi connectivity index (χ3v) is 2.34. The van der Waals surface area contributed by atoms with E-state index in [1.165, 1.54) is 6.33 Å². The van der Waals surface area contributed by atoms with Crippen molar-refractivity contribution < 1.29 is 0 Å². The van der Waals surface area contributed by atoms with E-state index in [1.807, 2.05) is 14.0 Å². The molecule has 17 heavy (non-hydrogen) atoms. The molecule has 0 aliphatic heterocycles. The molecule has 0 unspecified atom stereocenters. The third kappa shape index (κ3) is 2.13. The van der Waals surface area contributed by atoms with Gasteiger partial charge in [-0.15, -0.1) is 0 Å². The summed E-state index contributed by atoms with van der Waals surface area (Å²) in [5.74, 6) is 0. The average molecular weight is 227 g/mol. The predicted molar refractivity (Wildman–Crippen MR) is 68.6 cm³/mol. The van der Waals surface area contributed by atoms with Crippen LogP contribution in [0.25, 0.3) is 16.6 Å². The molecule has 0 aliphatic carbocycles. The van der Waals surface area contributed by atoms with E-state index in [0.29, 0.717) is 0 Å². The number of fused-ring (bicyclic) bond motifs is 1. The Hall–Kier alpha value is -2.30. The van der Waals surface area contributed by atoms with Crippen molar-refractivity contribution in [3.8, 4) is 0 Å². The first-order chi connectivity index (χ1) is 8.24. The van der Waals surface area contributed by atoms with E-state index in [9.17, 15) is 0 Å². The highest BCUT2D eigenvalue weighted by molar-refractivity contribution is 5.87. The summed E-state index contributed by atoms with van der Waals surface area (Å²) in [6, 6.07) is 0. The molecule has 0 atom stereocenters. The first kappa shape index (κ1) is 11.2. The molecule has 2 rings (SSSR count). The van der Waals surface area contributed by atoms with Crippen LogP contribution in [0.5, 0.6) is 0 Å². The summed E-state index contributed by atoms with van der Waals surface area (Å²) in [4.78, 5) is 12.3. The molecule has 0 saturated heterocycles. The molecular formula is C12H13N5. The van der Waals surface area contributed by atoms with Crippen LogP contribution in [-0.4, -0.2) is 26.0 Å². The number of aliphatic imine (C=N–C) groups is 1. The molecule has 5 nitrogen and oxygen atoms in total. The van der Waals surface area contributed by atoms with Crippen molar-refractivity contribution in [1.29, 1.82) is 0 Å². The second-order valence-corrected chi connectivity index (χ2v) is 3.58. The van der Waals surface area contributed by atoms with Crippen molar-refractivity contribution in [1.82, 2.24) is 19.7 Å². The summed E-state index contributed by atoms with van der Waals surface area (Å²) in [5.41, 5.74) is 2.63. The standard InChI is InChI=1S/C12H13N5/c1-4-5-13-6-9(2)11-10-7-14-8-15-12(10)17(3)16-11/h4-8H,1H2,2-3H3/b9-6+,13-5-. The van der Waals surface area contributed by atoms with Gasteiger partial charge in [0.2, 0.25) is 0 Å². The van der Waals surface area contributed by atoms with Crippen molar-refractivity contribution in [3.05, 3.63) is 37.1 Å². The fraction of sp³-hybridized carbons (Fsp3) is 0.167. The van der Waals surface area contributed by atoms with Gasteiger partial charge in [0, 0.05) is 25.7 Å². The minimum absolute atomic E-state index is 0.815. The molecule has 0 saturated carbocycles. The highest BCUT2D eigenvalue weighted by atomic mass is 15.3. The first-order valence-corrected chi connectivity index (χ1v) is 5.18. The van der Waals surface area contributed by atoms with Crippen molar-refractivity contribution in [2.75, 3.05) is 0 Å². The molecule has 0 spiro atoms. The SMILES string of the molecule is C=C/C=N\C=C(/C)c1nn(C)c2ncncc12. The van der Waals surface area contributed by atoms with Gasteiger partial charge in [0.25, 0.3) is 0 Å². The van der Waals surface area contributed by atoms with E-state index in [-0.39, 0.29) is 0 Å². The number of aromatic nitrogens is 4. The van der Waals surface area contributed by atoms with Gasteiger partial charge in [-0.25, -0.2) is 14.6 Å². The van der Waals surface area contributed by atoms with E-state index in [0.717, 1.165) is 22.3 Å². The van der Waals surface area contributed by atoms with Gasteiger partial charge in [0.15, 0.2) is 5.65 Å². The molecular weight excluding hydrogens is 214 g/mol. The van der Waals surface area contributed by atoms with Gasteiger partial charge in [0.05, 0.1) is 5.39 Å². The van der Waals surface area contributed by atoms with Crippen molar-refractivity contribution in [3.63, 3.8) is 0 Å². The third-order valence-electron chi connectivity index (χ3n) is 2.34. The van der Waals surface area contributed by atoms with Crippen molar-refractivity contribution >= 4 is 22.8 Å². The fourth-order valence-corrected chi connectivity index (χ4v) is 1.57. The Bertz CT molecular complexity index is 606. The van der Waals surface area contributed by atoms with Gasteiger partial charge in [0.1, 0.15) is 12.0 Å². The number of aryl methyl sites for hydroxylation is 1. The van der Waals surface area contributed by atoms with Crippen molar-refractivity contribution in [2.24, 2.45) is 12.0 Å². The maximum atomic E-state index is 4.41. The second kappa shape index (κ2) is 4.69. The number of nitrogens with zero attached hydrogens (tertiary/aromatic N) is 5. The Kier molecular flexibility index (Phi) is 3.09. The van der Waals surface area contributed by atoms with E-state index in [2.05, 4.69) is 26.6 Å². The molecule has 0 bridgehead atoms. The van der Waals surface area contributed by atoms with Crippen LogP contribution < -0.4 is 0 Å². The number of hydrogen-bond donors (Lipinski definition) is 0. The van der Waals surface area contributed by atoms with Gasteiger partial charge < -0.3 is 0 Å². The minimum atomic E-state index is 0.815. The summed E-state index contributed by atoms with van der Waals surface area (Å²) >= 11 is 0. The van der Waals surface area contributed by atoms with Crippen LogP contribution in [0.15, 0.2) is 36.4 Å². The van der Waals surface area contributed by atoms with Gasteiger partial charge >= 0.3 is 0 Å². The number of hydrogen-bond acceptors (Lipinski definition) is 4. The first-order valence-electron chi connectivity index (χ1n) is 5.18. The smallest absolute Gasteiger partial charge is 0.161 e. The molecule has 0 amide bonds. The van der Waals surface area contributed by atoms with Crippen LogP contribution in [0.1, 0.15) is 12.6 Å². The molecule has 2 aromatic rings. The van der Waals surface area contributed by atoms with Gasteiger partial charge in [-0.05, 0) is 12.5 Å². The normalized spacial score (nSPS) is 12.5. The lowest BCUT2D eigenvalue weighted by Crippen LogP contribution is -1.92. The summed E-state index contributed by atoms with van der Waals surface area (Å²) < 4.78 is 1.74. The van der Waals surface area contributed by atoms with Crippen LogP contribution in [-0.2, 0) is 7.05 Å². The molecule has 2 heterocycles. The Morgan fingerprint density at radius 1 is 1.53 bits per heavy atom. The maximum Gasteiger partial charge on any atom is 0.161 e. The zero-order valence-electron chi connectivity index (χ0n) is 9.83. The molecule has 2 aromatic heterocycles. The van der Waals surface area contributed by atoms with Crippen LogP contribution in [0, 0.1) is 0 Å². The quantitative estimate of drug-likeness (QED) is 0.753. The van der Waals surface area contributed by atoms with E-state index >= 15 is 0 Å². The second-order valence-electron chi connectivity index (χ2n) is 3.58. The van der Waals surface area contributed by atoms with Crippen LogP contribution >= 0.6 is 0 Å². The van der Waals surface area contributed by atoms with Crippen LogP contribution in [0.3, 0.4) is 0 Å². The highest BCUT2D eigenvalue weighted by Crippen LogP contribution is 2.21. The summed E-state index contributed by atoms with van der Waals surface area (Å²) in [5, 5.41) is 5.34. The zero-order valence-corrected chi connectivity index (χ0v) is 9.83. The zero-order chi connectivity index (χ0) is 12.3. The summed E-state index contributed by atoms with van der Waals surface area (Å²) in [7, 11) is 1.86. The molecule has 86 valence electrons. The van der Waals surface area contributed by atoms with E-state index < -0.39 is 0 Å². The average Bonchev–Trinajstić information content (AvgIpc) is 2.68. The van der Waals surface area contributed by atoms with Crippen LogP contribution in [0.2, 0.25) is 0 Å². The highest BCUT2D eigenvalue weighted by Gasteiger charge is 2.10. The molecule has 0 aliphatic rings. The largest absolute Gasteiger partial charge is 0.264 e. The fourth-order valence-electron chi connectivity index (χ4n) is 1.57. The lowest BCUT2D eigenvalue weighted by molar-refractivity contribution is 0.780. The summed E-state index contributed by atoms with van der Waals surface area (Å²) in [6.45, 7) is 5.52. The summed E-state index contributed by atoms with van der Waals surface area (Å²) in [6.07, 6.45) is 8.28. The minimum Gasteiger partial charge on any atom is -0.264 e. The van der Waals surface area contributed by atoms with E-state index in [1.54, 1.807) is 29.4 Å².